The summed E-state index contributed by atoms with van der Waals surface area (Å²) in [5.41, 5.74) is 0. The van der Waals surface area contributed by atoms with Crippen LogP contribution in [0.3, 0.4) is 0 Å². The van der Waals surface area contributed by atoms with Crippen LogP contribution < -0.4 is 4.94 Å². The van der Waals surface area contributed by atoms with Crippen molar-refractivity contribution in [2.75, 3.05) is 0 Å². The summed E-state index contributed by atoms with van der Waals surface area (Å²) in [4.78, 5) is 3.24. The number of hydrogen-bond donors (Lipinski definition) is 1. The Morgan fingerprint density at radius 2 is 2.71 bits per heavy atom. The average Bonchev–Trinajstić information content (AvgIpc) is 2.14. The summed E-state index contributed by atoms with van der Waals surface area (Å²) >= 11 is 0. The largest absolute Gasteiger partial charge is 0.274 e. The molecule has 0 saturated carbocycles. The molecule has 4 heteroatoms. The molecular formula is C3H3FN2O. The minimum Gasteiger partial charge on any atom is -0.274 e. The van der Waals surface area contributed by atoms with E-state index < -0.39 is 0 Å². The molecule has 0 spiro atoms. The summed E-state index contributed by atoms with van der Waals surface area (Å²) in [6.07, 6.45) is 1.40. The fourth-order valence-electron chi connectivity index (χ4n) is 0.286. The van der Waals surface area contributed by atoms with E-state index in [9.17, 15) is 4.53 Å². The lowest BCUT2D eigenvalue weighted by Crippen LogP contribution is -1.72. The number of H-pyrrole nitrogens is 1. The Morgan fingerprint density at radius 3 is 3.00 bits per heavy atom. The van der Waals surface area contributed by atoms with Gasteiger partial charge in [-0.05, 0) is 0 Å². The maximum Gasteiger partial charge on any atom is 0.258 e. The highest BCUT2D eigenvalue weighted by Crippen LogP contribution is 2.00. The first-order valence-corrected chi connectivity index (χ1v) is 1.71. The van der Waals surface area contributed by atoms with Gasteiger partial charge in [0.15, 0.2) is 0 Å². The molecule has 1 aromatic heterocycles. The molecule has 0 unspecified atom stereocenters. The van der Waals surface area contributed by atoms with E-state index in [-0.39, 0.29) is 5.88 Å². The van der Waals surface area contributed by atoms with Gasteiger partial charge in [0.2, 0.25) is 0 Å². The third kappa shape index (κ3) is 0.677. The van der Waals surface area contributed by atoms with Crippen molar-refractivity contribution in [3.63, 3.8) is 0 Å². The zero-order valence-corrected chi connectivity index (χ0v) is 3.39. The molecule has 1 aromatic rings. The van der Waals surface area contributed by atoms with Gasteiger partial charge in [0.25, 0.3) is 5.88 Å². The molecule has 1 rings (SSSR count). The normalized spacial score (nSPS) is 8.71. The third-order valence-electron chi connectivity index (χ3n) is 0.558. The van der Waals surface area contributed by atoms with Gasteiger partial charge in [0, 0.05) is 10.6 Å². The minimum atomic E-state index is 0.0278. The predicted molar refractivity (Wildman–Crippen MR) is 20.3 cm³/mol. The van der Waals surface area contributed by atoms with E-state index in [1.807, 2.05) is 0 Å². The molecule has 3 nitrogen and oxygen atoms in total. The van der Waals surface area contributed by atoms with Crippen LogP contribution in [0.2, 0.25) is 0 Å². The second-order valence-corrected chi connectivity index (χ2v) is 0.998. The molecule has 0 amide bonds. The van der Waals surface area contributed by atoms with E-state index in [0.717, 1.165) is 0 Å². The first kappa shape index (κ1) is 4.11. The van der Waals surface area contributed by atoms with Crippen molar-refractivity contribution in [2.24, 2.45) is 0 Å². The molecule has 38 valence electrons. The number of aromatic amines is 1. The minimum absolute atomic E-state index is 0.0278. The van der Waals surface area contributed by atoms with Crippen molar-refractivity contribution in [1.82, 2.24) is 10.2 Å². The molecule has 0 fully saturated rings. The van der Waals surface area contributed by atoms with E-state index in [0.29, 0.717) is 0 Å². The summed E-state index contributed by atoms with van der Waals surface area (Å²) in [5, 5.41) is 5.64. The molecule has 7 heavy (non-hydrogen) atoms. The Labute approximate surface area is 39.0 Å². The lowest BCUT2D eigenvalue weighted by Gasteiger charge is -1.77. The van der Waals surface area contributed by atoms with Gasteiger partial charge in [-0.1, -0.05) is 0 Å². The average molecular weight is 102 g/mol. The highest BCUT2D eigenvalue weighted by Gasteiger charge is 1.87. The first-order valence-electron chi connectivity index (χ1n) is 1.71. The quantitative estimate of drug-likeness (QED) is 0.566. The fraction of sp³-hybridized carbons (Fsp3) is 0. The van der Waals surface area contributed by atoms with Crippen LogP contribution in [0, 0.1) is 0 Å². The summed E-state index contributed by atoms with van der Waals surface area (Å²) in [6.45, 7) is 0. The molecule has 0 aliphatic heterocycles. The monoisotopic (exact) mass is 102 g/mol. The summed E-state index contributed by atoms with van der Waals surface area (Å²) < 4.78 is 11.0. The number of aromatic nitrogens is 2. The van der Waals surface area contributed by atoms with E-state index in [1.165, 1.54) is 12.3 Å². The van der Waals surface area contributed by atoms with Gasteiger partial charge in [0.05, 0.1) is 6.20 Å². The van der Waals surface area contributed by atoms with Gasteiger partial charge >= 0.3 is 0 Å². The molecule has 1 N–H and O–H groups in total. The van der Waals surface area contributed by atoms with Crippen LogP contribution in [0.15, 0.2) is 12.3 Å². The van der Waals surface area contributed by atoms with Crippen molar-refractivity contribution in [1.29, 1.82) is 0 Å². The number of rotatable bonds is 1. The molecule has 0 aliphatic rings. The standard InChI is InChI=1S/C3H3FN2O/c4-7-3-1-2-5-6-3/h1-2H,(H,5,6). The van der Waals surface area contributed by atoms with Crippen molar-refractivity contribution >= 4 is 0 Å². The maximum atomic E-state index is 11.0. The van der Waals surface area contributed by atoms with Crippen molar-refractivity contribution in [2.45, 2.75) is 0 Å². The highest BCUT2D eigenvalue weighted by molar-refractivity contribution is 5.02. The first-order chi connectivity index (χ1) is 3.43. The second-order valence-electron chi connectivity index (χ2n) is 0.998. The van der Waals surface area contributed by atoms with Crippen LogP contribution in [0.4, 0.5) is 4.53 Å². The predicted octanol–water partition coefficient (Wildman–Crippen LogP) is 0.673. The Hall–Kier alpha value is -1.06. The molecular weight excluding hydrogens is 99.0 g/mol. The molecule has 0 saturated heterocycles. The Bertz CT molecular complexity index is 127. The Balaban J connectivity index is 2.76. The number of halogens is 1. The molecule has 1 heterocycles. The Kier molecular flexibility index (Phi) is 0.934. The van der Waals surface area contributed by atoms with Crippen LogP contribution in [0.1, 0.15) is 0 Å². The van der Waals surface area contributed by atoms with Crippen molar-refractivity contribution in [3.8, 4) is 5.88 Å². The summed E-state index contributed by atoms with van der Waals surface area (Å²) in [7, 11) is 0. The Morgan fingerprint density at radius 1 is 1.86 bits per heavy atom. The highest BCUT2D eigenvalue weighted by atomic mass is 19.3. The molecule has 0 aliphatic carbocycles. The van der Waals surface area contributed by atoms with E-state index in [1.54, 1.807) is 0 Å². The molecule has 0 radical (unpaired) electrons. The third-order valence-corrected chi connectivity index (χ3v) is 0.558. The van der Waals surface area contributed by atoms with Crippen LogP contribution >= 0.6 is 0 Å². The zero-order valence-electron chi connectivity index (χ0n) is 3.39. The lowest BCUT2D eigenvalue weighted by atomic mass is 10.7. The smallest absolute Gasteiger partial charge is 0.258 e. The van der Waals surface area contributed by atoms with E-state index in [2.05, 4.69) is 15.1 Å². The number of nitrogens with zero attached hydrogens (tertiary/aromatic N) is 1. The summed E-state index contributed by atoms with van der Waals surface area (Å²) in [5.74, 6) is 0.0278. The van der Waals surface area contributed by atoms with Gasteiger partial charge in [-0.3, -0.25) is 4.94 Å². The topological polar surface area (TPSA) is 37.9 Å². The molecule has 0 bridgehead atoms. The maximum absolute atomic E-state index is 11.0. The van der Waals surface area contributed by atoms with Crippen LogP contribution in [-0.2, 0) is 0 Å². The van der Waals surface area contributed by atoms with Gasteiger partial charge in [-0.25, -0.2) is 5.10 Å². The number of nitrogens with one attached hydrogen (secondary N) is 1. The zero-order chi connectivity index (χ0) is 5.11. The summed E-state index contributed by atoms with van der Waals surface area (Å²) in [6, 6.07) is 1.38. The van der Waals surface area contributed by atoms with Crippen LogP contribution in [0.5, 0.6) is 5.88 Å². The number of hydrogen-bond acceptors (Lipinski definition) is 2. The second kappa shape index (κ2) is 1.59. The van der Waals surface area contributed by atoms with Gasteiger partial charge in [-0.2, -0.15) is 5.10 Å². The van der Waals surface area contributed by atoms with Crippen molar-refractivity contribution < 1.29 is 9.47 Å². The lowest BCUT2D eigenvalue weighted by molar-refractivity contribution is -0.0119. The van der Waals surface area contributed by atoms with Crippen molar-refractivity contribution in [3.05, 3.63) is 12.3 Å². The SMILES string of the molecule is FOc1ccn[nH]1. The van der Waals surface area contributed by atoms with E-state index in [4.69, 9.17) is 0 Å². The van der Waals surface area contributed by atoms with Crippen LogP contribution in [-0.4, -0.2) is 10.2 Å². The van der Waals surface area contributed by atoms with Gasteiger partial charge in [-0.15, -0.1) is 0 Å². The van der Waals surface area contributed by atoms with Gasteiger partial charge < -0.3 is 0 Å². The van der Waals surface area contributed by atoms with Crippen LogP contribution in [0.25, 0.3) is 0 Å². The fourth-order valence-corrected chi connectivity index (χ4v) is 0.286. The van der Waals surface area contributed by atoms with E-state index >= 15 is 0 Å². The molecule has 0 atom stereocenters. The van der Waals surface area contributed by atoms with Gasteiger partial charge in [0.1, 0.15) is 0 Å². The molecule has 0 aromatic carbocycles.